The van der Waals surface area contributed by atoms with Crippen molar-refractivity contribution in [2.75, 3.05) is 24.5 Å². The molecule has 6 nitrogen and oxygen atoms in total. The molecule has 1 atom stereocenters. The molecule has 0 radical (unpaired) electrons. The van der Waals surface area contributed by atoms with Crippen LogP contribution in [0.3, 0.4) is 0 Å². The molecule has 1 aromatic heterocycles. The lowest BCUT2D eigenvalue weighted by atomic mass is 10.1. The van der Waals surface area contributed by atoms with Crippen molar-refractivity contribution in [3.63, 3.8) is 0 Å². The molecule has 32 heavy (non-hydrogen) atoms. The van der Waals surface area contributed by atoms with Gasteiger partial charge >= 0.3 is 0 Å². The highest BCUT2D eigenvalue weighted by Crippen LogP contribution is 2.33. The Labute approximate surface area is 188 Å². The minimum Gasteiger partial charge on any atom is -0.341 e. The Morgan fingerprint density at radius 3 is 2.59 bits per heavy atom. The molecule has 2 amide bonds. The van der Waals surface area contributed by atoms with Crippen LogP contribution < -0.4 is 4.90 Å². The van der Waals surface area contributed by atoms with Gasteiger partial charge in [-0.05, 0) is 49.6 Å². The van der Waals surface area contributed by atoms with E-state index < -0.39 is 0 Å². The second-order valence-corrected chi connectivity index (χ2v) is 9.08. The van der Waals surface area contributed by atoms with Crippen molar-refractivity contribution >= 4 is 28.5 Å². The Morgan fingerprint density at radius 2 is 1.81 bits per heavy atom. The van der Waals surface area contributed by atoms with E-state index >= 15 is 0 Å². The molecule has 166 valence electrons. The third kappa shape index (κ3) is 4.01. The molecule has 3 heterocycles. The Morgan fingerprint density at radius 1 is 1.03 bits per heavy atom. The van der Waals surface area contributed by atoms with Crippen LogP contribution in [0.25, 0.3) is 11.0 Å². The second-order valence-electron chi connectivity index (χ2n) is 9.08. The van der Waals surface area contributed by atoms with Gasteiger partial charge in [0.15, 0.2) is 0 Å². The van der Waals surface area contributed by atoms with Crippen molar-refractivity contribution in [2.45, 2.75) is 51.5 Å². The van der Waals surface area contributed by atoms with E-state index in [-0.39, 0.29) is 24.3 Å². The van der Waals surface area contributed by atoms with Gasteiger partial charge in [0.2, 0.25) is 11.8 Å². The minimum atomic E-state index is -0.0349. The molecule has 0 aliphatic carbocycles. The van der Waals surface area contributed by atoms with Crippen LogP contribution in [-0.2, 0) is 16.1 Å². The van der Waals surface area contributed by atoms with Gasteiger partial charge in [-0.15, -0.1) is 0 Å². The smallest absolute Gasteiger partial charge is 0.242 e. The summed E-state index contributed by atoms with van der Waals surface area (Å²) >= 11 is 0. The molecule has 2 fully saturated rings. The van der Waals surface area contributed by atoms with Gasteiger partial charge in [0.05, 0.1) is 11.0 Å². The van der Waals surface area contributed by atoms with Crippen LogP contribution in [0.2, 0.25) is 0 Å². The first-order valence-electron chi connectivity index (χ1n) is 11.7. The van der Waals surface area contributed by atoms with Crippen LogP contribution in [-0.4, -0.2) is 45.9 Å². The van der Waals surface area contributed by atoms with Crippen molar-refractivity contribution in [3.05, 3.63) is 59.9 Å². The van der Waals surface area contributed by atoms with Crippen LogP contribution in [0, 0.1) is 6.92 Å². The summed E-state index contributed by atoms with van der Waals surface area (Å²) in [5.41, 5.74) is 3.91. The number of aryl methyl sites for hydroxylation is 1. The SMILES string of the molecule is Cc1cccc(N2C[C@@H](c3nc4ccccc4n3CC(=O)N3CCCCCC3)CC2=O)c1. The molecule has 0 bridgehead atoms. The number of fused-ring (bicyclic) bond motifs is 1. The normalized spacial score (nSPS) is 19.5. The predicted molar refractivity (Wildman–Crippen MR) is 126 cm³/mol. The number of hydrogen-bond acceptors (Lipinski definition) is 3. The fourth-order valence-corrected chi connectivity index (χ4v) is 5.05. The zero-order valence-corrected chi connectivity index (χ0v) is 18.7. The number of anilines is 1. The van der Waals surface area contributed by atoms with E-state index in [2.05, 4.69) is 4.57 Å². The van der Waals surface area contributed by atoms with E-state index in [1.165, 1.54) is 12.8 Å². The van der Waals surface area contributed by atoms with Gasteiger partial charge in [0.25, 0.3) is 0 Å². The third-order valence-electron chi connectivity index (χ3n) is 6.74. The van der Waals surface area contributed by atoms with Gasteiger partial charge in [-0.2, -0.15) is 0 Å². The number of benzene rings is 2. The monoisotopic (exact) mass is 430 g/mol. The summed E-state index contributed by atoms with van der Waals surface area (Å²) in [4.78, 5) is 34.9. The number of rotatable bonds is 4. The first-order chi connectivity index (χ1) is 15.6. The second kappa shape index (κ2) is 8.77. The Balaban J connectivity index is 1.45. The number of nitrogens with zero attached hydrogens (tertiary/aromatic N) is 4. The number of aromatic nitrogens is 2. The lowest BCUT2D eigenvalue weighted by molar-refractivity contribution is -0.131. The van der Waals surface area contributed by atoms with Crippen LogP contribution in [0.15, 0.2) is 48.5 Å². The molecular formula is C26H30N4O2. The maximum absolute atomic E-state index is 13.2. The molecule has 2 saturated heterocycles. The lowest BCUT2D eigenvalue weighted by Crippen LogP contribution is -2.35. The van der Waals surface area contributed by atoms with Crippen LogP contribution in [0.1, 0.15) is 49.4 Å². The van der Waals surface area contributed by atoms with Crippen LogP contribution >= 0.6 is 0 Å². The average Bonchev–Trinajstić information content (AvgIpc) is 3.22. The zero-order chi connectivity index (χ0) is 22.1. The highest BCUT2D eigenvalue weighted by Gasteiger charge is 2.35. The molecule has 2 aliphatic heterocycles. The summed E-state index contributed by atoms with van der Waals surface area (Å²) in [7, 11) is 0. The number of carbonyl (C=O) groups excluding carboxylic acids is 2. The Bertz CT molecular complexity index is 1140. The fraction of sp³-hybridized carbons (Fsp3) is 0.423. The van der Waals surface area contributed by atoms with Gasteiger partial charge in [-0.3, -0.25) is 9.59 Å². The van der Waals surface area contributed by atoms with Gasteiger partial charge in [0.1, 0.15) is 12.4 Å². The molecule has 2 aliphatic rings. The molecule has 5 rings (SSSR count). The number of amides is 2. The molecule has 0 spiro atoms. The van der Waals surface area contributed by atoms with E-state index in [4.69, 9.17) is 4.98 Å². The largest absolute Gasteiger partial charge is 0.341 e. The topological polar surface area (TPSA) is 58.4 Å². The highest BCUT2D eigenvalue weighted by atomic mass is 16.2. The standard InChI is InChI=1S/C26H30N4O2/c1-19-9-8-10-21(15-19)29-17-20(16-24(29)31)26-27-22-11-4-5-12-23(22)30(26)18-25(32)28-13-6-2-3-7-14-28/h4-5,8-12,15,20H,2-3,6-7,13-14,16-18H2,1H3/t20-/m0/s1. The summed E-state index contributed by atoms with van der Waals surface area (Å²) in [6, 6.07) is 16.0. The quantitative estimate of drug-likeness (QED) is 0.621. The fourth-order valence-electron chi connectivity index (χ4n) is 5.05. The van der Waals surface area contributed by atoms with E-state index in [0.29, 0.717) is 13.0 Å². The van der Waals surface area contributed by atoms with E-state index in [0.717, 1.165) is 54.0 Å². The number of carbonyl (C=O) groups is 2. The van der Waals surface area contributed by atoms with E-state index in [1.54, 1.807) is 0 Å². The first kappa shape index (κ1) is 20.7. The van der Waals surface area contributed by atoms with Gasteiger partial charge in [0, 0.05) is 37.7 Å². The van der Waals surface area contributed by atoms with E-state index in [9.17, 15) is 9.59 Å². The summed E-state index contributed by atoms with van der Waals surface area (Å²) in [6.07, 6.45) is 4.96. The van der Waals surface area contributed by atoms with Crippen molar-refractivity contribution in [3.8, 4) is 0 Å². The number of para-hydroxylation sites is 2. The number of hydrogen-bond donors (Lipinski definition) is 0. The van der Waals surface area contributed by atoms with Crippen LogP contribution in [0.5, 0.6) is 0 Å². The minimum absolute atomic E-state index is 0.0349. The molecule has 0 saturated carbocycles. The average molecular weight is 431 g/mol. The summed E-state index contributed by atoms with van der Waals surface area (Å²) in [6.45, 7) is 4.58. The maximum Gasteiger partial charge on any atom is 0.242 e. The van der Waals surface area contributed by atoms with Gasteiger partial charge < -0.3 is 14.4 Å². The van der Waals surface area contributed by atoms with Crippen molar-refractivity contribution in [1.29, 1.82) is 0 Å². The zero-order valence-electron chi connectivity index (χ0n) is 18.7. The van der Waals surface area contributed by atoms with Crippen molar-refractivity contribution < 1.29 is 9.59 Å². The number of imidazole rings is 1. The number of likely N-dealkylation sites (tertiary alicyclic amines) is 1. The molecule has 3 aromatic rings. The first-order valence-corrected chi connectivity index (χ1v) is 11.7. The van der Waals surface area contributed by atoms with Gasteiger partial charge in [-0.1, -0.05) is 37.1 Å². The summed E-state index contributed by atoms with van der Waals surface area (Å²) in [5, 5.41) is 0. The molecule has 0 N–H and O–H groups in total. The predicted octanol–water partition coefficient (Wildman–Crippen LogP) is 4.27. The van der Waals surface area contributed by atoms with Crippen molar-refractivity contribution in [2.24, 2.45) is 0 Å². The Kier molecular flexibility index (Phi) is 5.68. The lowest BCUT2D eigenvalue weighted by Gasteiger charge is -2.22. The Hall–Kier alpha value is -3.15. The maximum atomic E-state index is 13.2. The van der Waals surface area contributed by atoms with Gasteiger partial charge in [-0.25, -0.2) is 4.98 Å². The third-order valence-corrected chi connectivity index (χ3v) is 6.74. The molecule has 0 unspecified atom stereocenters. The van der Waals surface area contributed by atoms with Crippen molar-refractivity contribution in [1.82, 2.24) is 14.5 Å². The molecule has 6 heteroatoms. The summed E-state index contributed by atoms with van der Waals surface area (Å²) < 4.78 is 2.06. The highest BCUT2D eigenvalue weighted by molar-refractivity contribution is 5.96. The summed E-state index contributed by atoms with van der Waals surface area (Å²) in [5.74, 6) is 1.07. The molecular weight excluding hydrogens is 400 g/mol. The van der Waals surface area contributed by atoms with Crippen LogP contribution in [0.4, 0.5) is 5.69 Å². The van der Waals surface area contributed by atoms with E-state index in [1.807, 2.05) is 65.3 Å². The molecule has 2 aromatic carbocycles.